The zero-order valence-electron chi connectivity index (χ0n) is 7.14. The highest BCUT2D eigenvalue weighted by atomic mass is 16.4. The van der Waals surface area contributed by atoms with Crippen LogP contribution in [0.4, 0.5) is 0 Å². The first-order valence-corrected chi connectivity index (χ1v) is 3.74. The molecule has 0 amide bonds. The molecule has 1 fully saturated rings. The van der Waals surface area contributed by atoms with Crippen molar-refractivity contribution in [1.29, 1.82) is 0 Å². The zero-order chi connectivity index (χ0) is 8.27. The van der Waals surface area contributed by atoms with Crippen LogP contribution in [-0.2, 0) is 4.65 Å². The summed E-state index contributed by atoms with van der Waals surface area (Å²) in [7, 11) is 3.57. The molecule has 60 valence electrons. The topological polar surface area (TPSA) is 57.3 Å². The van der Waals surface area contributed by atoms with Gasteiger partial charge in [-0.2, -0.15) is 0 Å². The van der Waals surface area contributed by atoms with E-state index in [0.717, 1.165) is 0 Å². The largest absolute Gasteiger partial charge is 0.453 e. The highest BCUT2D eigenvalue weighted by molar-refractivity contribution is 6.83. The quantitative estimate of drug-likeness (QED) is 0.337. The number of hydrogen-bond acceptors (Lipinski definition) is 5. The molecule has 1 aliphatic heterocycles. The predicted octanol–water partition coefficient (Wildman–Crippen LogP) is -2.28. The minimum Gasteiger partial charge on any atom is -0.412 e. The van der Waals surface area contributed by atoms with E-state index < -0.39 is 0 Å². The van der Waals surface area contributed by atoms with Crippen molar-refractivity contribution in [2.45, 2.75) is 6.82 Å². The second-order valence-electron chi connectivity index (χ2n) is 2.56. The Bertz CT molecular complexity index is 115. The minimum atomic E-state index is -0.0799. The van der Waals surface area contributed by atoms with Crippen LogP contribution < -0.4 is 20.6 Å². The summed E-state index contributed by atoms with van der Waals surface area (Å²) in [6.07, 6.45) is 0. The van der Waals surface area contributed by atoms with Gasteiger partial charge in [0.1, 0.15) is 0 Å². The highest BCUT2D eigenvalue weighted by Gasteiger charge is 2.32. The second kappa shape index (κ2) is 4.13. The zero-order valence-corrected chi connectivity index (χ0v) is 7.14. The van der Waals surface area contributed by atoms with E-state index in [4.69, 9.17) is 4.65 Å². The molecule has 8 heteroatoms. The SMILES string of the molecule is CNB1NB(C)NB(OC)N1. The third-order valence-corrected chi connectivity index (χ3v) is 1.66. The maximum atomic E-state index is 5.09. The molecule has 1 rings (SSSR count). The van der Waals surface area contributed by atoms with Crippen molar-refractivity contribution in [2.24, 2.45) is 0 Å². The molecule has 5 nitrogen and oxygen atoms in total. The van der Waals surface area contributed by atoms with E-state index in [-0.39, 0.29) is 21.3 Å². The number of hydrogen-bond donors (Lipinski definition) is 4. The minimum absolute atomic E-state index is 0.0799. The van der Waals surface area contributed by atoms with Gasteiger partial charge in [0.15, 0.2) is 0 Å². The molecule has 11 heavy (non-hydrogen) atoms. The van der Waals surface area contributed by atoms with Crippen LogP contribution in [0.15, 0.2) is 0 Å². The van der Waals surface area contributed by atoms with Crippen molar-refractivity contribution in [2.75, 3.05) is 14.2 Å². The van der Waals surface area contributed by atoms with Gasteiger partial charge in [-0.15, -0.1) is 0 Å². The Balaban J connectivity index is 2.37. The summed E-state index contributed by atoms with van der Waals surface area (Å²) in [6, 6.07) is 0. The van der Waals surface area contributed by atoms with Crippen LogP contribution in [0.25, 0.3) is 0 Å². The number of rotatable bonds is 2. The molecule has 0 spiro atoms. The van der Waals surface area contributed by atoms with Gasteiger partial charge in [-0.1, -0.05) is 6.82 Å². The Kier molecular flexibility index (Phi) is 3.41. The van der Waals surface area contributed by atoms with Crippen LogP contribution in [0.5, 0.6) is 0 Å². The average molecular weight is 154 g/mol. The molecule has 0 aromatic rings. The predicted molar refractivity (Wildman–Crippen MR) is 48.6 cm³/mol. The van der Waals surface area contributed by atoms with Crippen LogP contribution in [0.2, 0.25) is 6.82 Å². The molecule has 0 bridgehead atoms. The smallest absolute Gasteiger partial charge is 0.412 e. The third kappa shape index (κ3) is 2.50. The van der Waals surface area contributed by atoms with Crippen LogP contribution in [-0.4, -0.2) is 35.4 Å². The summed E-state index contributed by atoms with van der Waals surface area (Å²) in [4.78, 5) is 0. The molecule has 1 saturated heterocycles. The van der Waals surface area contributed by atoms with Gasteiger partial charge in [0, 0.05) is 7.11 Å². The third-order valence-electron chi connectivity index (χ3n) is 1.66. The molecule has 0 aliphatic carbocycles. The summed E-state index contributed by atoms with van der Waals surface area (Å²) in [5.74, 6) is 0. The number of nitrogens with one attached hydrogen (secondary N) is 4. The van der Waals surface area contributed by atoms with E-state index in [0.29, 0.717) is 0 Å². The van der Waals surface area contributed by atoms with E-state index in [1.54, 1.807) is 7.11 Å². The highest BCUT2D eigenvalue weighted by Crippen LogP contribution is 1.83. The normalized spacial score (nSPS) is 19.4. The van der Waals surface area contributed by atoms with Gasteiger partial charge >= 0.3 is 14.3 Å². The lowest BCUT2D eigenvalue weighted by molar-refractivity contribution is 0.409. The van der Waals surface area contributed by atoms with Crippen molar-refractivity contribution in [3.63, 3.8) is 0 Å². The molecule has 0 aromatic heterocycles. The first-order valence-electron chi connectivity index (χ1n) is 3.74. The lowest BCUT2D eigenvalue weighted by atomic mass is 9.61. The van der Waals surface area contributed by atoms with Crippen molar-refractivity contribution < 1.29 is 4.65 Å². The Labute approximate surface area is 68.4 Å². The van der Waals surface area contributed by atoms with Crippen LogP contribution in [0, 0.1) is 0 Å². The van der Waals surface area contributed by atoms with Gasteiger partial charge in [0.25, 0.3) is 6.98 Å². The summed E-state index contributed by atoms with van der Waals surface area (Å²) >= 11 is 0. The molecule has 1 heterocycles. The van der Waals surface area contributed by atoms with E-state index in [9.17, 15) is 0 Å². The standard InChI is InChI=1S/C3H13B3N4O/c1-4-8-5(7-2)10-6(9-4)11-3/h7-10H,1-3H3. The Morgan fingerprint density at radius 1 is 1.27 bits per heavy atom. The fraction of sp³-hybridized carbons (Fsp3) is 1.00. The monoisotopic (exact) mass is 154 g/mol. The van der Waals surface area contributed by atoms with Gasteiger partial charge in [0.2, 0.25) is 0 Å². The summed E-state index contributed by atoms with van der Waals surface area (Å²) < 4.78 is 5.09. The first kappa shape index (κ1) is 9.09. The van der Waals surface area contributed by atoms with E-state index in [2.05, 4.69) is 20.6 Å². The lowest BCUT2D eigenvalue weighted by Gasteiger charge is -2.29. The second-order valence-corrected chi connectivity index (χ2v) is 2.56. The lowest BCUT2D eigenvalue weighted by Crippen LogP contribution is -2.78. The van der Waals surface area contributed by atoms with Gasteiger partial charge in [-0.05, 0) is 7.05 Å². The van der Waals surface area contributed by atoms with Crippen molar-refractivity contribution in [1.82, 2.24) is 20.6 Å². The fourth-order valence-electron chi connectivity index (χ4n) is 1.08. The van der Waals surface area contributed by atoms with Crippen LogP contribution in [0.1, 0.15) is 0 Å². The molecule has 0 radical (unpaired) electrons. The molecule has 1 aliphatic rings. The summed E-state index contributed by atoms with van der Waals surface area (Å²) in [5.41, 5.74) is 0. The van der Waals surface area contributed by atoms with Crippen molar-refractivity contribution >= 4 is 21.3 Å². The first-order chi connectivity index (χ1) is 5.26. The molecule has 0 saturated carbocycles. The maximum Gasteiger partial charge on any atom is 0.453 e. The molecule has 4 N–H and O–H groups in total. The van der Waals surface area contributed by atoms with E-state index in [1.165, 1.54) is 0 Å². The van der Waals surface area contributed by atoms with Crippen LogP contribution >= 0.6 is 0 Å². The van der Waals surface area contributed by atoms with E-state index in [1.807, 2.05) is 13.9 Å². The summed E-state index contributed by atoms with van der Waals surface area (Å²) in [6.45, 7) is 2.29. The van der Waals surface area contributed by atoms with Gasteiger partial charge in [0.05, 0.1) is 0 Å². The van der Waals surface area contributed by atoms with Gasteiger partial charge < -0.3 is 25.3 Å². The van der Waals surface area contributed by atoms with Crippen molar-refractivity contribution in [3.05, 3.63) is 0 Å². The average Bonchev–Trinajstić information content (AvgIpc) is 2.03. The molecule has 0 unspecified atom stereocenters. The van der Waals surface area contributed by atoms with E-state index >= 15 is 0 Å². The fourth-order valence-corrected chi connectivity index (χ4v) is 1.08. The molecule has 0 atom stereocenters. The van der Waals surface area contributed by atoms with Crippen LogP contribution in [0.3, 0.4) is 0 Å². The molecule has 0 aromatic carbocycles. The van der Waals surface area contributed by atoms with Gasteiger partial charge in [-0.25, -0.2) is 0 Å². The van der Waals surface area contributed by atoms with Gasteiger partial charge in [-0.3, -0.25) is 0 Å². The van der Waals surface area contributed by atoms with Crippen molar-refractivity contribution in [3.8, 4) is 0 Å². The summed E-state index contributed by atoms with van der Waals surface area (Å²) in [5, 5.41) is 12.5. The maximum absolute atomic E-state index is 5.09. The Morgan fingerprint density at radius 2 is 2.00 bits per heavy atom. The Hall–Kier alpha value is -0.00519. The molecular weight excluding hydrogens is 140 g/mol. The Morgan fingerprint density at radius 3 is 2.55 bits per heavy atom. The molecular formula is C3H13B3N4O.